The number of rotatable bonds is 4. The number of hydrogen-bond acceptors (Lipinski definition) is 4. The Hall–Kier alpha value is -5.29. The average molecular weight is 640 g/mol. The molecule has 0 radical (unpaired) electrons. The highest BCUT2D eigenvalue weighted by Crippen LogP contribution is 2.74. The van der Waals surface area contributed by atoms with Crippen molar-refractivity contribution in [3.63, 3.8) is 0 Å². The first-order valence-corrected chi connectivity index (χ1v) is 17.4. The molecule has 4 aliphatic rings. The lowest BCUT2D eigenvalue weighted by molar-refractivity contribution is 0.179. The monoisotopic (exact) mass is 639 g/mol. The number of hydrogen-bond donors (Lipinski definition) is 0. The van der Waals surface area contributed by atoms with Crippen molar-refractivity contribution in [1.82, 2.24) is 14.5 Å². The van der Waals surface area contributed by atoms with Gasteiger partial charge in [0.05, 0.1) is 11.2 Å². The minimum Gasteiger partial charge on any atom is -0.333 e. The first kappa shape index (κ1) is 29.8. The number of aromatic nitrogens is 2. The van der Waals surface area contributed by atoms with E-state index in [1.54, 1.807) is 0 Å². The molecule has 2 aromatic heterocycles. The van der Waals surface area contributed by atoms with E-state index in [0.717, 1.165) is 34.2 Å². The smallest absolute Gasteiger partial charge is 0.159 e. The number of pyridine rings is 1. The summed E-state index contributed by atoms with van der Waals surface area (Å²) in [6, 6.07) is 33.8. The highest BCUT2D eigenvalue weighted by atomic mass is 15.3. The van der Waals surface area contributed by atoms with Gasteiger partial charge in [-0.2, -0.15) is 0 Å². The summed E-state index contributed by atoms with van der Waals surface area (Å²) in [6.07, 6.45) is 16.0. The fraction of sp³-hybridized carbons (Fsp3) is 0.250. The van der Waals surface area contributed by atoms with Crippen LogP contribution in [0.3, 0.4) is 0 Å². The highest BCUT2D eigenvalue weighted by molar-refractivity contribution is 6.12. The number of benzene rings is 3. The molecule has 5 aromatic rings. The van der Waals surface area contributed by atoms with Crippen molar-refractivity contribution in [3.05, 3.63) is 162 Å². The van der Waals surface area contributed by atoms with E-state index in [-0.39, 0.29) is 22.4 Å². The normalized spacial score (nSPS) is 27.8. The number of nitrogens with zero attached hydrogens (tertiary/aromatic N) is 5. The second-order valence-corrected chi connectivity index (χ2v) is 15.1. The van der Waals surface area contributed by atoms with Crippen LogP contribution in [0.5, 0.6) is 0 Å². The zero-order valence-corrected chi connectivity index (χ0v) is 28.7. The van der Waals surface area contributed by atoms with E-state index < -0.39 is 0 Å². The van der Waals surface area contributed by atoms with E-state index in [1.807, 2.05) is 30.5 Å². The molecular formula is C44H41N5. The first-order valence-electron chi connectivity index (χ1n) is 17.4. The predicted octanol–water partition coefficient (Wildman–Crippen LogP) is 9.77. The largest absolute Gasteiger partial charge is 0.333 e. The van der Waals surface area contributed by atoms with Crippen LogP contribution in [-0.2, 0) is 0 Å². The molecule has 0 bridgehead atoms. The number of aliphatic imine (C=N–C) groups is 2. The predicted molar refractivity (Wildman–Crippen MR) is 201 cm³/mol. The number of amidine groups is 2. The lowest BCUT2D eigenvalue weighted by Gasteiger charge is -2.45. The molecule has 0 amide bonds. The molecule has 3 heterocycles. The molecule has 5 nitrogen and oxygen atoms in total. The van der Waals surface area contributed by atoms with Gasteiger partial charge in [-0.3, -0.25) is 4.57 Å². The standard InChI is InChI=1S/C44H41N5/c1-42(2)35-22-14-15-26-43(35,3)44(4)27-25-34-37(38(42)44)32-20-12-13-21-33(32)49(34)36-24-23-31(28-45-36)41-47-39(29-16-8-6-9-17-29)46-40(48(41)5)30-18-10-7-11-19-30/h6-28,35,38,41H,1-5H3. The zero-order valence-electron chi connectivity index (χ0n) is 28.7. The summed E-state index contributed by atoms with van der Waals surface area (Å²) in [6.45, 7) is 9.92. The van der Waals surface area contributed by atoms with Gasteiger partial charge in [0, 0.05) is 52.1 Å². The fourth-order valence-corrected chi connectivity index (χ4v) is 9.82. The van der Waals surface area contributed by atoms with E-state index in [1.165, 1.54) is 22.2 Å². The molecule has 5 heteroatoms. The minimum absolute atomic E-state index is 0.0280. The maximum Gasteiger partial charge on any atom is 0.159 e. The molecule has 5 atom stereocenters. The van der Waals surface area contributed by atoms with E-state index in [9.17, 15) is 0 Å². The van der Waals surface area contributed by atoms with Gasteiger partial charge >= 0.3 is 0 Å². The summed E-state index contributed by atoms with van der Waals surface area (Å²) in [5.74, 6) is 3.30. The van der Waals surface area contributed by atoms with Gasteiger partial charge < -0.3 is 4.90 Å². The fourth-order valence-electron chi connectivity index (χ4n) is 9.82. The number of allylic oxidation sites excluding steroid dienone is 5. The van der Waals surface area contributed by atoms with Gasteiger partial charge in [0.1, 0.15) is 11.7 Å². The maximum atomic E-state index is 5.18. The Morgan fingerprint density at radius 2 is 1.43 bits per heavy atom. The van der Waals surface area contributed by atoms with Crippen molar-refractivity contribution in [2.24, 2.45) is 32.1 Å². The molecule has 9 rings (SSSR count). The minimum atomic E-state index is -0.273. The van der Waals surface area contributed by atoms with Crippen LogP contribution in [0.25, 0.3) is 22.8 Å². The third-order valence-electron chi connectivity index (χ3n) is 12.2. The van der Waals surface area contributed by atoms with Crippen molar-refractivity contribution >= 4 is 28.7 Å². The van der Waals surface area contributed by atoms with Crippen molar-refractivity contribution in [1.29, 1.82) is 0 Å². The van der Waals surface area contributed by atoms with E-state index in [4.69, 9.17) is 15.0 Å². The molecule has 1 aliphatic heterocycles. The van der Waals surface area contributed by atoms with Gasteiger partial charge in [0.15, 0.2) is 12.0 Å². The third kappa shape index (κ3) is 4.14. The quantitative estimate of drug-likeness (QED) is 0.197. The van der Waals surface area contributed by atoms with Crippen LogP contribution in [0.2, 0.25) is 0 Å². The van der Waals surface area contributed by atoms with Crippen molar-refractivity contribution in [3.8, 4) is 5.82 Å². The van der Waals surface area contributed by atoms with Gasteiger partial charge in [0.25, 0.3) is 0 Å². The summed E-state index contributed by atoms with van der Waals surface area (Å²) >= 11 is 0. The Balaban J connectivity index is 1.16. The molecule has 1 fully saturated rings. The van der Waals surface area contributed by atoms with E-state index >= 15 is 0 Å². The van der Waals surface area contributed by atoms with Gasteiger partial charge in [-0.15, -0.1) is 0 Å². The third-order valence-corrected chi connectivity index (χ3v) is 12.2. The lowest BCUT2D eigenvalue weighted by Crippen LogP contribution is -2.37. The first-order chi connectivity index (χ1) is 23.7. The Morgan fingerprint density at radius 1 is 0.714 bits per heavy atom. The number of para-hydroxylation sites is 1. The van der Waals surface area contributed by atoms with Gasteiger partial charge in [-0.1, -0.05) is 137 Å². The van der Waals surface area contributed by atoms with Gasteiger partial charge in [-0.25, -0.2) is 15.0 Å². The SMILES string of the molecule is CN1C(c2ccccc2)=NC(c2ccccc2)=NC1c1ccc(-n2c3c(c4ccccc42)C2C(C)(C)C4C=CC=CC4(C)C2(C)C=C3)nc1. The van der Waals surface area contributed by atoms with Gasteiger partial charge in [0.2, 0.25) is 0 Å². The molecule has 0 saturated heterocycles. The van der Waals surface area contributed by atoms with Crippen LogP contribution >= 0.6 is 0 Å². The summed E-state index contributed by atoms with van der Waals surface area (Å²) in [5.41, 5.74) is 7.00. The summed E-state index contributed by atoms with van der Waals surface area (Å²) in [5, 5.41) is 1.32. The Labute approximate surface area is 288 Å². The van der Waals surface area contributed by atoms with Crippen LogP contribution in [0.15, 0.2) is 144 Å². The molecule has 3 aliphatic carbocycles. The zero-order chi connectivity index (χ0) is 33.5. The average Bonchev–Trinajstić information content (AvgIpc) is 3.53. The van der Waals surface area contributed by atoms with Crippen LogP contribution < -0.4 is 0 Å². The van der Waals surface area contributed by atoms with Crippen LogP contribution in [0.4, 0.5) is 0 Å². The maximum absolute atomic E-state index is 5.18. The second kappa shape index (κ2) is 10.6. The topological polar surface area (TPSA) is 45.8 Å². The van der Waals surface area contributed by atoms with E-state index in [2.05, 4.69) is 153 Å². The van der Waals surface area contributed by atoms with Crippen LogP contribution in [-0.4, -0.2) is 33.2 Å². The van der Waals surface area contributed by atoms with E-state index in [0.29, 0.717) is 11.8 Å². The molecule has 1 saturated carbocycles. The summed E-state index contributed by atoms with van der Waals surface area (Å²) in [7, 11) is 2.07. The Kier molecular flexibility index (Phi) is 6.45. The van der Waals surface area contributed by atoms with Crippen molar-refractivity contribution in [2.45, 2.75) is 39.8 Å². The van der Waals surface area contributed by atoms with Crippen LogP contribution in [0, 0.1) is 22.2 Å². The highest BCUT2D eigenvalue weighted by Gasteiger charge is 2.67. The molecule has 0 N–H and O–H groups in total. The lowest BCUT2D eigenvalue weighted by atomic mass is 9.58. The Morgan fingerprint density at radius 3 is 2.16 bits per heavy atom. The summed E-state index contributed by atoms with van der Waals surface area (Å²) < 4.78 is 2.37. The van der Waals surface area contributed by atoms with Crippen LogP contribution in [0.1, 0.15) is 67.7 Å². The molecule has 0 spiro atoms. The molecule has 5 unspecified atom stereocenters. The Bertz CT molecular complexity index is 2250. The molecule has 3 aromatic carbocycles. The summed E-state index contributed by atoms with van der Waals surface area (Å²) in [4.78, 5) is 17.6. The van der Waals surface area contributed by atoms with Crippen molar-refractivity contribution < 1.29 is 0 Å². The molecule has 49 heavy (non-hydrogen) atoms. The number of fused-ring (bicyclic) bond motifs is 7. The van der Waals surface area contributed by atoms with Crippen molar-refractivity contribution in [2.75, 3.05) is 7.05 Å². The van der Waals surface area contributed by atoms with Gasteiger partial charge in [-0.05, 0) is 41.2 Å². The molecule has 242 valence electrons. The molecular weight excluding hydrogens is 599 g/mol. The second-order valence-electron chi connectivity index (χ2n) is 15.1.